The molecule has 1 saturated heterocycles. The summed E-state index contributed by atoms with van der Waals surface area (Å²) in [6, 6.07) is 6.24. The summed E-state index contributed by atoms with van der Waals surface area (Å²) in [6.45, 7) is 2.74. The van der Waals surface area contributed by atoms with Crippen LogP contribution in [-0.4, -0.2) is 24.0 Å². The van der Waals surface area contributed by atoms with Crippen LogP contribution in [0.4, 0.5) is 18.9 Å². The van der Waals surface area contributed by atoms with Crippen LogP contribution in [0.15, 0.2) is 29.2 Å². The Balaban J connectivity index is 0.00000242. The average molecular weight is 355 g/mol. The van der Waals surface area contributed by atoms with Crippen molar-refractivity contribution in [3.63, 3.8) is 0 Å². The summed E-state index contributed by atoms with van der Waals surface area (Å²) < 4.78 is 37.5. The highest BCUT2D eigenvalue weighted by Gasteiger charge is 2.31. The molecule has 3 nitrogen and oxygen atoms in total. The number of nitrogens with one attached hydrogen (secondary N) is 2. The maximum absolute atomic E-state index is 12.5. The number of anilines is 1. The molecule has 0 bridgehead atoms. The van der Waals surface area contributed by atoms with Crippen molar-refractivity contribution in [3.8, 4) is 0 Å². The number of benzene rings is 1. The SMILES string of the molecule is C[C@H]1C[C@@H](C(=O)Nc2ccccc2SC(F)(F)F)CCN1.Cl. The Morgan fingerprint density at radius 1 is 1.36 bits per heavy atom. The van der Waals surface area contributed by atoms with Crippen LogP contribution in [0.25, 0.3) is 0 Å². The maximum atomic E-state index is 12.5. The Hall–Kier alpha value is -0.920. The molecule has 1 fully saturated rings. The van der Waals surface area contributed by atoms with E-state index in [2.05, 4.69) is 10.6 Å². The number of carbonyl (C=O) groups excluding carboxylic acids is 1. The highest BCUT2D eigenvalue weighted by atomic mass is 35.5. The van der Waals surface area contributed by atoms with Crippen LogP contribution >= 0.6 is 24.2 Å². The van der Waals surface area contributed by atoms with Crippen molar-refractivity contribution in [2.75, 3.05) is 11.9 Å². The monoisotopic (exact) mass is 354 g/mol. The molecule has 0 aliphatic carbocycles. The molecule has 1 aliphatic rings. The van der Waals surface area contributed by atoms with Gasteiger partial charge in [0.1, 0.15) is 0 Å². The zero-order valence-electron chi connectivity index (χ0n) is 11.9. The first kappa shape index (κ1) is 19.1. The van der Waals surface area contributed by atoms with Gasteiger partial charge in [0, 0.05) is 16.9 Å². The van der Waals surface area contributed by atoms with E-state index in [1.165, 1.54) is 18.2 Å². The molecule has 0 spiro atoms. The number of piperidine rings is 1. The summed E-state index contributed by atoms with van der Waals surface area (Å²) in [5.41, 5.74) is -4.15. The second-order valence-corrected chi connectivity index (χ2v) is 6.22. The van der Waals surface area contributed by atoms with Crippen molar-refractivity contribution in [1.29, 1.82) is 0 Å². The molecule has 124 valence electrons. The Labute approximate surface area is 137 Å². The predicted octanol–water partition coefficient (Wildman–Crippen LogP) is 4.05. The van der Waals surface area contributed by atoms with Gasteiger partial charge in [-0.25, -0.2) is 0 Å². The molecular formula is C14H18ClF3N2OS. The van der Waals surface area contributed by atoms with Crippen LogP contribution in [0, 0.1) is 5.92 Å². The Bertz CT molecular complexity index is 513. The smallest absolute Gasteiger partial charge is 0.325 e. The molecule has 0 aromatic heterocycles. The lowest BCUT2D eigenvalue weighted by atomic mass is 9.92. The number of rotatable bonds is 3. The minimum Gasteiger partial charge on any atom is -0.325 e. The van der Waals surface area contributed by atoms with Gasteiger partial charge in [-0.3, -0.25) is 4.79 Å². The standard InChI is InChI=1S/C14H17F3N2OS.ClH/c1-9-8-10(6-7-18-9)13(20)19-11-4-2-3-5-12(11)21-14(15,16)17;/h2-5,9-10,18H,6-8H2,1H3,(H,19,20);1H/t9-,10-;/m0./s1. The van der Waals surface area contributed by atoms with Gasteiger partial charge in [0.25, 0.3) is 0 Å². The van der Waals surface area contributed by atoms with Gasteiger partial charge in [0.05, 0.1) is 5.69 Å². The largest absolute Gasteiger partial charge is 0.446 e. The minimum absolute atomic E-state index is 0. The molecule has 1 amide bonds. The van der Waals surface area contributed by atoms with Gasteiger partial charge in [-0.2, -0.15) is 13.2 Å². The number of hydrogen-bond donors (Lipinski definition) is 2. The van der Waals surface area contributed by atoms with E-state index in [-0.39, 0.29) is 52.6 Å². The highest BCUT2D eigenvalue weighted by Crippen LogP contribution is 2.40. The minimum atomic E-state index is -4.37. The topological polar surface area (TPSA) is 41.1 Å². The number of hydrogen-bond acceptors (Lipinski definition) is 3. The third-order valence-electron chi connectivity index (χ3n) is 3.37. The summed E-state index contributed by atoms with van der Waals surface area (Å²) in [4.78, 5) is 12.2. The third-order valence-corrected chi connectivity index (χ3v) is 4.17. The molecule has 22 heavy (non-hydrogen) atoms. The normalized spacial score (nSPS) is 21.8. The quantitative estimate of drug-likeness (QED) is 0.805. The molecule has 0 radical (unpaired) electrons. The van der Waals surface area contributed by atoms with Crippen molar-refractivity contribution in [3.05, 3.63) is 24.3 Å². The van der Waals surface area contributed by atoms with Crippen molar-refractivity contribution in [2.24, 2.45) is 5.92 Å². The molecule has 1 aromatic rings. The number of para-hydroxylation sites is 1. The van der Waals surface area contributed by atoms with Crippen LogP contribution in [0.5, 0.6) is 0 Å². The van der Waals surface area contributed by atoms with E-state index in [9.17, 15) is 18.0 Å². The average Bonchev–Trinajstić information content (AvgIpc) is 2.39. The van der Waals surface area contributed by atoms with Gasteiger partial charge in [0.2, 0.25) is 5.91 Å². The molecule has 1 aliphatic heterocycles. The molecular weight excluding hydrogens is 337 g/mol. The van der Waals surface area contributed by atoms with Crippen molar-refractivity contribution < 1.29 is 18.0 Å². The fourth-order valence-corrected chi connectivity index (χ4v) is 3.01. The lowest BCUT2D eigenvalue weighted by molar-refractivity contribution is -0.120. The molecule has 8 heteroatoms. The van der Waals surface area contributed by atoms with Crippen LogP contribution in [0.1, 0.15) is 19.8 Å². The fraction of sp³-hybridized carbons (Fsp3) is 0.500. The van der Waals surface area contributed by atoms with E-state index in [0.717, 1.165) is 6.54 Å². The third kappa shape index (κ3) is 5.70. The molecule has 2 rings (SSSR count). The van der Waals surface area contributed by atoms with Gasteiger partial charge in [-0.05, 0) is 50.2 Å². The van der Waals surface area contributed by atoms with Crippen molar-refractivity contribution >= 4 is 35.8 Å². The van der Waals surface area contributed by atoms with Crippen LogP contribution in [-0.2, 0) is 4.79 Å². The zero-order chi connectivity index (χ0) is 15.5. The summed E-state index contributed by atoms with van der Waals surface area (Å²) in [6.07, 6.45) is 1.39. The lowest BCUT2D eigenvalue weighted by Gasteiger charge is -2.27. The number of alkyl halides is 3. The van der Waals surface area contributed by atoms with Gasteiger partial charge < -0.3 is 10.6 Å². The fourth-order valence-electron chi connectivity index (χ4n) is 2.39. The molecule has 2 atom stereocenters. The summed E-state index contributed by atoms with van der Waals surface area (Å²) in [5.74, 6) is -0.372. The van der Waals surface area contributed by atoms with E-state index < -0.39 is 5.51 Å². The van der Waals surface area contributed by atoms with Crippen LogP contribution in [0.2, 0.25) is 0 Å². The van der Waals surface area contributed by atoms with Crippen molar-refractivity contribution in [1.82, 2.24) is 5.32 Å². The second-order valence-electron chi connectivity index (χ2n) is 5.11. The molecule has 0 saturated carbocycles. The first-order valence-electron chi connectivity index (χ1n) is 6.74. The predicted molar refractivity (Wildman–Crippen MR) is 84.4 cm³/mol. The summed E-state index contributed by atoms with van der Waals surface area (Å²) in [7, 11) is 0. The van der Waals surface area contributed by atoms with E-state index in [0.29, 0.717) is 12.8 Å². The van der Waals surface area contributed by atoms with Gasteiger partial charge in [0.15, 0.2) is 0 Å². The van der Waals surface area contributed by atoms with E-state index >= 15 is 0 Å². The van der Waals surface area contributed by atoms with E-state index in [4.69, 9.17) is 0 Å². The highest BCUT2D eigenvalue weighted by molar-refractivity contribution is 8.00. The summed E-state index contributed by atoms with van der Waals surface area (Å²) in [5, 5.41) is 5.88. The number of amides is 1. The van der Waals surface area contributed by atoms with Crippen LogP contribution in [0.3, 0.4) is 0 Å². The number of halogens is 4. The number of thioether (sulfide) groups is 1. The van der Waals surface area contributed by atoms with E-state index in [1.807, 2.05) is 6.92 Å². The van der Waals surface area contributed by atoms with E-state index in [1.54, 1.807) is 6.07 Å². The molecule has 2 N–H and O–H groups in total. The summed E-state index contributed by atoms with van der Waals surface area (Å²) >= 11 is -0.211. The zero-order valence-corrected chi connectivity index (χ0v) is 13.6. The molecule has 0 unspecified atom stereocenters. The molecule has 1 aromatic carbocycles. The second kappa shape index (κ2) is 8.08. The van der Waals surface area contributed by atoms with Gasteiger partial charge in [-0.15, -0.1) is 12.4 Å². The Kier molecular flexibility index (Phi) is 7.02. The number of carbonyl (C=O) groups is 1. The van der Waals surface area contributed by atoms with Gasteiger partial charge in [-0.1, -0.05) is 12.1 Å². The first-order valence-corrected chi connectivity index (χ1v) is 7.56. The Morgan fingerprint density at radius 2 is 2.05 bits per heavy atom. The van der Waals surface area contributed by atoms with Crippen LogP contribution < -0.4 is 10.6 Å². The van der Waals surface area contributed by atoms with Crippen molar-refractivity contribution in [2.45, 2.75) is 36.2 Å². The first-order chi connectivity index (χ1) is 9.85. The lowest BCUT2D eigenvalue weighted by Crippen LogP contribution is -2.40. The van der Waals surface area contributed by atoms with Gasteiger partial charge >= 0.3 is 5.51 Å². The maximum Gasteiger partial charge on any atom is 0.446 e. The Morgan fingerprint density at radius 3 is 2.68 bits per heavy atom. The molecule has 1 heterocycles.